The molecule has 2 heterocycles. The van der Waals surface area contributed by atoms with Crippen LogP contribution < -0.4 is 10.8 Å². The monoisotopic (exact) mass is 531 g/mol. The van der Waals surface area contributed by atoms with Crippen molar-refractivity contribution >= 4 is 15.9 Å². The van der Waals surface area contributed by atoms with Gasteiger partial charge in [-0.05, 0) is 61.9 Å². The Morgan fingerprint density at radius 3 is 2.03 bits per heavy atom. The van der Waals surface area contributed by atoms with E-state index in [-0.39, 0.29) is 11.9 Å². The first-order chi connectivity index (χ1) is 18.3. The van der Waals surface area contributed by atoms with Crippen LogP contribution in [0.3, 0.4) is 0 Å². The summed E-state index contributed by atoms with van der Waals surface area (Å²) in [4.78, 5) is 19.5. The Bertz CT molecular complexity index is 1340. The van der Waals surface area contributed by atoms with Gasteiger partial charge in [0, 0.05) is 19.1 Å². The van der Waals surface area contributed by atoms with Crippen molar-refractivity contribution in [3.63, 3.8) is 0 Å². The molecule has 8 heteroatoms. The minimum absolute atomic E-state index is 0.104. The van der Waals surface area contributed by atoms with E-state index in [1.807, 2.05) is 49.4 Å². The average Bonchev–Trinajstić information content (AvgIpc) is 3.34. The van der Waals surface area contributed by atoms with Crippen LogP contribution in [0.5, 0.6) is 0 Å². The fraction of sp³-hybridized carbons (Fsp3) is 0.300. The zero-order chi connectivity index (χ0) is 26.6. The molecule has 2 aliphatic heterocycles. The molecule has 0 unspecified atom stereocenters. The number of nitrogens with zero attached hydrogens (tertiary/aromatic N) is 1. The molecule has 0 aliphatic carbocycles. The number of hydrogen-bond donors (Lipinski definition) is 2. The zero-order valence-corrected chi connectivity index (χ0v) is 22.3. The summed E-state index contributed by atoms with van der Waals surface area (Å²) in [6.45, 7) is 2.55. The van der Waals surface area contributed by atoms with Gasteiger partial charge in [0.25, 0.3) is 5.91 Å². The van der Waals surface area contributed by atoms with Crippen molar-refractivity contribution in [3.05, 3.63) is 113 Å². The lowest BCUT2D eigenvalue weighted by molar-refractivity contribution is -0.120. The van der Waals surface area contributed by atoms with Crippen molar-refractivity contribution in [1.82, 2.24) is 15.1 Å². The third-order valence-electron chi connectivity index (χ3n) is 7.23. The summed E-state index contributed by atoms with van der Waals surface area (Å²) < 4.78 is 27.7. The molecule has 3 aromatic carbocycles. The summed E-state index contributed by atoms with van der Waals surface area (Å²) in [6, 6.07) is 27.0. The molecule has 2 aliphatic rings. The summed E-state index contributed by atoms with van der Waals surface area (Å²) in [7, 11) is -3.57. The van der Waals surface area contributed by atoms with Gasteiger partial charge in [-0.15, -0.1) is 0 Å². The highest BCUT2D eigenvalue weighted by Crippen LogP contribution is 2.34. The summed E-state index contributed by atoms with van der Waals surface area (Å²) >= 11 is 0. The second-order valence-electron chi connectivity index (χ2n) is 10.1. The molecule has 0 atom stereocenters. The van der Waals surface area contributed by atoms with Crippen LogP contribution in [-0.4, -0.2) is 43.4 Å². The third-order valence-corrected chi connectivity index (χ3v) is 9.14. The van der Waals surface area contributed by atoms with Crippen LogP contribution in [0.2, 0.25) is 0 Å². The second-order valence-corrected chi connectivity index (χ2v) is 12.0. The van der Waals surface area contributed by atoms with Crippen LogP contribution >= 0.6 is 0 Å². The minimum atomic E-state index is -3.57. The molecule has 1 amide bonds. The van der Waals surface area contributed by atoms with E-state index in [9.17, 15) is 13.2 Å². The molecule has 198 valence electrons. The van der Waals surface area contributed by atoms with Gasteiger partial charge in [0.15, 0.2) is 0 Å². The van der Waals surface area contributed by atoms with E-state index in [1.54, 1.807) is 24.3 Å². The van der Waals surface area contributed by atoms with Crippen LogP contribution in [-0.2, 0) is 32.5 Å². The normalized spacial score (nSPS) is 17.3. The van der Waals surface area contributed by atoms with E-state index in [0.29, 0.717) is 49.4 Å². The molecule has 1 saturated heterocycles. The number of hydroxylamine groups is 1. The molecule has 0 bridgehead atoms. The van der Waals surface area contributed by atoms with Gasteiger partial charge in [-0.3, -0.25) is 15.1 Å². The van der Waals surface area contributed by atoms with Gasteiger partial charge in [0.1, 0.15) is 11.3 Å². The smallest absolute Gasteiger partial charge is 0.269 e. The molecule has 2 N–H and O–H groups in total. The number of amides is 1. The molecular weight excluding hydrogens is 498 g/mol. The lowest BCUT2D eigenvalue weighted by atomic mass is 9.92. The lowest BCUT2D eigenvalue weighted by Crippen LogP contribution is -2.46. The highest BCUT2D eigenvalue weighted by Gasteiger charge is 2.42. The number of hydrogen-bond acceptors (Lipinski definition) is 5. The summed E-state index contributed by atoms with van der Waals surface area (Å²) in [5.74, 6) is -0.228. The highest BCUT2D eigenvalue weighted by molar-refractivity contribution is 7.89. The van der Waals surface area contributed by atoms with Crippen molar-refractivity contribution in [2.75, 3.05) is 13.1 Å². The van der Waals surface area contributed by atoms with Crippen molar-refractivity contribution in [1.29, 1.82) is 0 Å². The fourth-order valence-corrected chi connectivity index (χ4v) is 6.48. The lowest BCUT2D eigenvalue weighted by Gasteiger charge is -2.35. The van der Waals surface area contributed by atoms with E-state index in [4.69, 9.17) is 4.84 Å². The van der Waals surface area contributed by atoms with Crippen molar-refractivity contribution in [2.24, 2.45) is 0 Å². The van der Waals surface area contributed by atoms with Crippen LogP contribution in [0.4, 0.5) is 0 Å². The Kier molecular flexibility index (Phi) is 7.65. The summed E-state index contributed by atoms with van der Waals surface area (Å²) in [5, 5.41) is 3.18. The molecule has 0 aromatic heterocycles. The predicted molar refractivity (Wildman–Crippen MR) is 146 cm³/mol. The summed E-state index contributed by atoms with van der Waals surface area (Å²) in [5.41, 5.74) is 5.79. The standard InChI is InChI=1S/C30H33N3O4S/c1-23-12-14-27(15-13-23)38(35,36)33-18-16-30(17-19-33)22-28(32-37-30)29(34)31-26(20-24-8-4-2-5-9-24)21-25-10-6-3-7-11-25/h2-15,22,26,32H,16-21H2,1H3,(H,31,34). The van der Waals surface area contributed by atoms with Gasteiger partial charge in [0.05, 0.1) is 4.90 Å². The van der Waals surface area contributed by atoms with Crippen LogP contribution in [0.1, 0.15) is 29.5 Å². The molecule has 1 fully saturated rings. The minimum Gasteiger partial charge on any atom is -0.347 e. The van der Waals surface area contributed by atoms with Crippen molar-refractivity contribution in [2.45, 2.75) is 49.1 Å². The van der Waals surface area contributed by atoms with E-state index < -0.39 is 15.6 Å². The summed E-state index contributed by atoms with van der Waals surface area (Å²) in [6.07, 6.45) is 4.14. The third kappa shape index (κ3) is 5.99. The Hall–Kier alpha value is -3.46. The predicted octanol–water partition coefficient (Wildman–Crippen LogP) is 3.91. The number of nitrogens with one attached hydrogen (secondary N) is 2. The Morgan fingerprint density at radius 1 is 0.921 bits per heavy atom. The largest absolute Gasteiger partial charge is 0.347 e. The van der Waals surface area contributed by atoms with Crippen LogP contribution in [0.25, 0.3) is 0 Å². The van der Waals surface area contributed by atoms with E-state index in [2.05, 4.69) is 35.1 Å². The van der Waals surface area contributed by atoms with E-state index in [1.165, 1.54) is 4.31 Å². The van der Waals surface area contributed by atoms with Crippen LogP contribution in [0.15, 0.2) is 102 Å². The highest BCUT2D eigenvalue weighted by atomic mass is 32.2. The second kappa shape index (κ2) is 11.1. The molecule has 3 aromatic rings. The first-order valence-corrected chi connectivity index (χ1v) is 14.4. The van der Waals surface area contributed by atoms with Gasteiger partial charge < -0.3 is 5.32 Å². The Labute approximate surface area is 224 Å². The molecular formula is C30H33N3O4S. The molecule has 7 nitrogen and oxygen atoms in total. The number of carbonyl (C=O) groups is 1. The number of rotatable bonds is 8. The topological polar surface area (TPSA) is 87.7 Å². The fourth-order valence-electron chi connectivity index (χ4n) is 5.04. The SMILES string of the molecule is Cc1ccc(S(=O)(=O)N2CCC3(C=C(C(=O)NC(Cc4ccccc4)Cc4ccccc4)NO3)CC2)cc1. The van der Waals surface area contributed by atoms with Gasteiger partial charge in [0.2, 0.25) is 10.0 Å². The molecule has 1 spiro atoms. The van der Waals surface area contributed by atoms with Gasteiger partial charge in [-0.1, -0.05) is 78.4 Å². The maximum atomic E-state index is 13.3. The maximum absolute atomic E-state index is 13.3. The first kappa shape index (κ1) is 26.2. The first-order valence-electron chi connectivity index (χ1n) is 13.0. The van der Waals surface area contributed by atoms with Gasteiger partial charge >= 0.3 is 0 Å². The number of aryl methyl sites for hydroxylation is 1. The van der Waals surface area contributed by atoms with Crippen LogP contribution in [0, 0.1) is 6.92 Å². The molecule has 0 saturated carbocycles. The average molecular weight is 532 g/mol. The zero-order valence-electron chi connectivity index (χ0n) is 21.5. The van der Waals surface area contributed by atoms with E-state index >= 15 is 0 Å². The van der Waals surface area contributed by atoms with Crippen molar-refractivity contribution < 1.29 is 18.0 Å². The molecule has 38 heavy (non-hydrogen) atoms. The van der Waals surface area contributed by atoms with Gasteiger partial charge in [-0.2, -0.15) is 4.31 Å². The molecule has 0 radical (unpaired) electrons. The number of benzene rings is 3. The number of sulfonamides is 1. The maximum Gasteiger partial charge on any atom is 0.269 e. The van der Waals surface area contributed by atoms with Crippen molar-refractivity contribution in [3.8, 4) is 0 Å². The Morgan fingerprint density at radius 2 is 1.47 bits per heavy atom. The number of piperidine rings is 1. The molecule has 5 rings (SSSR count). The Balaban J connectivity index is 1.24. The van der Waals surface area contributed by atoms with E-state index in [0.717, 1.165) is 16.7 Å². The van der Waals surface area contributed by atoms with Gasteiger partial charge in [-0.25, -0.2) is 8.42 Å². The number of carbonyl (C=O) groups excluding carboxylic acids is 1. The quantitative estimate of drug-likeness (QED) is 0.460.